The summed E-state index contributed by atoms with van der Waals surface area (Å²) in [5.74, 6) is 0. The zero-order valence-electron chi connectivity index (χ0n) is 25.9. The van der Waals surface area contributed by atoms with Gasteiger partial charge < -0.3 is 0 Å². The molecule has 0 N–H and O–H groups in total. The SMILES string of the molecule is Cc1cc(-c2ccc3ccc4ccc(-c5ccccc5)nc4c3n2)ccc1-c1ccc2ccc3cc(-c4ccccc4)ccc3c2n1. The van der Waals surface area contributed by atoms with Gasteiger partial charge in [-0.15, -0.1) is 0 Å². The Balaban J connectivity index is 1.10. The smallest absolute Gasteiger partial charge is 0.0972 e. The Morgan fingerprint density at radius 3 is 1.51 bits per heavy atom. The van der Waals surface area contributed by atoms with Gasteiger partial charge in [-0.3, -0.25) is 0 Å². The molecule has 0 spiro atoms. The molecule has 0 aliphatic heterocycles. The lowest BCUT2D eigenvalue weighted by molar-refractivity contribution is 1.34. The average Bonchev–Trinajstić information content (AvgIpc) is 3.14. The third-order valence-corrected chi connectivity index (χ3v) is 9.17. The average molecular weight is 600 g/mol. The van der Waals surface area contributed by atoms with Crippen LogP contribution in [0.25, 0.3) is 88.4 Å². The maximum Gasteiger partial charge on any atom is 0.0972 e. The molecule has 3 aromatic heterocycles. The van der Waals surface area contributed by atoms with E-state index in [2.05, 4.69) is 146 Å². The van der Waals surface area contributed by atoms with E-state index in [0.717, 1.165) is 77.4 Å². The predicted molar refractivity (Wildman–Crippen MR) is 196 cm³/mol. The van der Waals surface area contributed by atoms with Crippen LogP contribution in [0.1, 0.15) is 5.56 Å². The standard InChI is InChI=1S/C44H29N3/c1-28-26-36(40-24-19-33-13-12-32-18-23-39(30-10-6-3-7-11-30)45-43(32)44(33)46-40)17-21-37(28)41-25-20-31-14-15-35-27-34(29-8-4-2-5-9-29)16-22-38(35)42(31)47-41/h2-27H,1H3. The van der Waals surface area contributed by atoms with E-state index < -0.39 is 0 Å². The number of nitrogens with zero attached hydrogens (tertiary/aromatic N) is 3. The van der Waals surface area contributed by atoms with Gasteiger partial charge in [0.15, 0.2) is 0 Å². The summed E-state index contributed by atoms with van der Waals surface area (Å²) >= 11 is 0. The summed E-state index contributed by atoms with van der Waals surface area (Å²) < 4.78 is 0. The normalized spacial score (nSPS) is 11.5. The van der Waals surface area contributed by atoms with Crippen molar-refractivity contribution in [3.05, 3.63) is 163 Å². The molecule has 3 heterocycles. The molecular formula is C44H29N3. The first-order valence-corrected chi connectivity index (χ1v) is 15.9. The topological polar surface area (TPSA) is 38.7 Å². The predicted octanol–water partition coefficient (Wildman–Crippen LogP) is 11.5. The van der Waals surface area contributed by atoms with Crippen LogP contribution in [0.2, 0.25) is 0 Å². The number of pyridine rings is 3. The zero-order chi connectivity index (χ0) is 31.3. The monoisotopic (exact) mass is 599 g/mol. The highest BCUT2D eigenvalue weighted by molar-refractivity contribution is 6.07. The Labute approximate surface area is 272 Å². The lowest BCUT2D eigenvalue weighted by Crippen LogP contribution is -1.93. The summed E-state index contributed by atoms with van der Waals surface area (Å²) in [5.41, 5.74) is 12.6. The molecular weight excluding hydrogens is 571 g/mol. The molecule has 0 saturated heterocycles. The molecule has 0 saturated carbocycles. The lowest BCUT2D eigenvalue weighted by atomic mass is 9.97. The molecule has 3 nitrogen and oxygen atoms in total. The number of benzene rings is 6. The van der Waals surface area contributed by atoms with Crippen molar-refractivity contribution in [2.45, 2.75) is 6.92 Å². The van der Waals surface area contributed by atoms with Crippen LogP contribution >= 0.6 is 0 Å². The molecule has 47 heavy (non-hydrogen) atoms. The Morgan fingerprint density at radius 1 is 0.340 bits per heavy atom. The van der Waals surface area contributed by atoms with Gasteiger partial charge in [0, 0.05) is 38.2 Å². The van der Waals surface area contributed by atoms with Crippen molar-refractivity contribution in [2.75, 3.05) is 0 Å². The number of rotatable bonds is 4. The van der Waals surface area contributed by atoms with Crippen LogP contribution in [-0.2, 0) is 0 Å². The molecule has 220 valence electrons. The van der Waals surface area contributed by atoms with E-state index in [1.165, 1.54) is 16.5 Å². The van der Waals surface area contributed by atoms with Gasteiger partial charge in [0.25, 0.3) is 0 Å². The first-order chi connectivity index (χ1) is 23.2. The van der Waals surface area contributed by atoms with Gasteiger partial charge in [-0.05, 0) is 59.3 Å². The molecule has 0 amide bonds. The zero-order valence-corrected chi connectivity index (χ0v) is 25.9. The molecule has 3 heteroatoms. The number of aryl methyl sites for hydroxylation is 1. The minimum atomic E-state index is 0.915. The van der Waals surface area contributed by atoms with E-state index in [4.69, 9.17) is 15.0 Å². The summed E-state index contributed by atoms with van der Waals surface area (Å²) in [6.07, 6.45) is 0. The largest absolute Gasteiger partial charge is 0.247 e. The molecule has 9 rings (SSSR count). The molecule has 0 atom stereocenters. The quantitative estimate of drug-likeness (QED) is 0.189. The second-order valence-corrected chi connectivity index (χ2v) is 12.1. The highest BCUT2D eigenvalue weighted by Gasteiger charge is 2.12. The van der Waals surface area contributed by atoms with Crippen molar-refractivity contribution < 1.29 is 0 Å². The summed E-state index contributed by atoms with van der Waals surface area (Å²) in [5, 5.41) is 5.65. The summed E-state index contributed by atoms with van der Waals surface area (Å²) in [6, 6.07) is 55.5. The van der Waals surface area contributed by atoms with E-state index in [9.17, 15) is 0 Å². The van der Waals surface area contributed by atoms with Crippen molar-refractivity contribution in [1.82, 2.24) is 15.0 Å². The molecule has 0 aliphatic rings. The molecule has 0 bridgehead atoms. The van der Waals surface area contributed by atoms with Gasteiger partial charge in [-0.1, -0.05) is 127 Å². The maximum atomic E-state index is 5.22. The van der Waals surface area contributed by atoms with Crippen LogP contribution in [0.4, 0.5) is 0 Å². The molecule has 0 radical (unpaired) electrons. The van der Waals surface area contributed by atoms with Gasteiger partial charge in [0.2, 0.25) is 0 Å². The van der Waals surface area contributed by atoms with Crippen molar-refractivity contribution in [3.8, 4) is 44.9 Å². The van der Waals surface area contributed by atoms with E-state index in [-0.39, 0.29) is 0 Å². The summed E-state index contributed by atoms with van der Waals surface area (Å²) in [6.45, 7) is 2.16. The number of hydrogen-bond acceptors (Lipinski definition) is 3. The van der Waals surface area contributed by atoms with E-state index in [0.29, 0.717) is 0 Å². The van der Waals surface area contributed by atoms with Gasteiger partial charge in [-0.25, -0.2) is 15.0 Å². The van der Waals surface area contributed by atoms with Crippen LogP contribution in [0.5, 0.6) is 0 Å². The molecule has 6 aromatic carbocycles. The molecule has 0 aliphatic carbocycles. The number of hydrogen-bond donors (Lipinski definition) is 0. The van der Waals surface area contributed by atoms with Crippen molar-refractivity contribution in [3.63, 3.8) is 0 Å². The summed E-state index contributed by atoms with van der Waals surface area (Å²) in [7, 11) is 0. The lowest BCUT2D eigenvalue weighted by Gasteiger charge is -2.12. The first-order valence-electron chi connectivity index (χ1n) is 15.9. The van der Waals surface area contributed by atoms with Crippen LogP contribution in [-0.4, -0.2) is 15.0 Å². The second-order valence-electron chi connectivity index (χ2n) is 12.1. The first kappa shape index (κ1) is 27.1. The third kappa shape index (κ3) is 4.81. The highest BCUT2D eigenvalue weighted by Crippen LogP contribution is 2.34. The van der Waals surface area contributed by atoms with Gasteiger partial charge in [-0.2, -0.15) is 0 Å². The molecule has 0 fully saturated rings. The van der Waals surface area contributed by atoms with Gasteiger partial charge in [0.1, 0.15) is 0 Å². The Bertz CT molecular complexity index is 2630. The molecule has 0 unspecified atom stereocenters. The number of aromatic nitrogens is 3. The van der Waals surface area contributed by atoms with E-state index in [1.54, 1.807) is 0 Å². The highest BCUT2D eigenvalue weighted by atomic mass is 14.8. The van der Waals surface area contributed by atoms with Crippen molar-refractivity contribution in [2.24, 2.45) is 0 Å². The maximum absolute atomic E-state index is 5.22. The van der Waals surface area contributed by atoms with E-state index >= 15 is 0 Å². The van der Waals surface area contributed by atoms with Crippen LogP contribution < -0.4 is 0 Å². The van der Waals surface area contributed by atoms with Crippen molar-refractivity contribution in [1.29, 1.82) is 0 Å². The fourth-order valence-electron chi connectivity index (χ4n) is 6.68. The third-order valence-electron chi connectivity index (χ3n) is 9.17. The minimum absolute atomic E-state index is 0.915. The number of fused-ring (bicyclic) bond motifs is 6. The van der Waals surface area contributed by atoms with E-state index in [1.807, 2.05) is 18.2 Å². The Morgan fingerprint density at radius 2 is 0.851 bits per heavy atom. The van der Waals surface area contributed by atoms with Gasteiger partial charge in [0.05, 0.1) is 33.6 Å². The molecule has 9 aromatic rings. The fourth-order valence-corrected chi connectivity index (χ4v) is 6.68. The van der Waals surface area contributed by atoms with Crippen LogP contribution in [0, 0.1) is 6.92 Å². The van der Waals surface area contributed by atoms with Crippen molar-refractivity contribution >= 4 is 43.5 Å². The Kier molecular flexibility index (Phi) is 6.36. The van der Waals surface area contributed by atoms with Crippen LogP contribution in [0.3, 0.4) is 0 Å². The van der Waals surface area contributed by atoms with Gasteiger partial charge >= 0.3 is 0 Å². The van der Waals surface area contributed by atoms with Crippen LogP contribution in [0.15, 0.2) is 158 Å². The summed E-state index contributed by atoms with van der Waals surface area (Å²) in [4.78, 5) is 15.5. The fraction of sp³-hybridized carbons (Fsp3) is 0.0227. The Hall–Kier alpha value is -6.19. The minimum Gasteiger partial charge on any atom is -0.247 e. The second kappa shape index (κ2) is 11.0.